The van der Waals surface area contributed by atoms with Gasteiger partial charge in [-0.1, -0.05) is 18.2 Å². The summed E-state index contributed by atoms with van der Waals surface area (Å²) in [6.07, 6.45) is 3.10. The van der Waals surface area contributed by atoms with Crippen molar-refractivity contribution in [3.63, 3.8) is 0 Å². The van der Waals surface area contributed by atoms with Crippen LogP contribution in [0.1, 0.15) is 16.2 Å². The first kappa shape index (κ1) is 12.0. The summed E-state index contributed by atoms with van der Waals surface area (Å²) in [5.74, 6) is -0.0660. The Morgan fingerprint density at radius 1 is 1.18 bits per heavy atom. The summed E-state index contributed by atoms with van der Waals surface area (Å²) < 4.78 is 1.12. The topological polar surface area (TPSA) is 54.9 Å². The lowest BCUT2D eigenvalue weighted by Crippen LogP contribution is -2.25. The summed E-state index contributed by atoms with van der Waals surface area (Å²) in [6.45, 7) is 0.482. The molecule has 0 radical (unpaired) electrons. The number of hydrogen-bond acceptors (Lipinski definition) is 3. The molecule has 4 nitrogen and oxygen atoms in total. The fourth-order valence-corrected chi connectivity index (χ4v) is 1.89. The second kappa shape index (κ2) is 5.72. The Labute approximate surface area is 113 Å². The van der Waals surface area contributed by atoms with Crippen molar-refractivity contribution in [1.29, 1.82) is 0 Å². The molecular formula is C12H10IN3O. The molecule has 1 aromatic heterocycles. The zero-order valence-electron chi connectivity index (χ0n) is 8.93. The number of nitrogens with zero attached hydrogens (tertiary/aromatic N) is 2. The zero-order chi connectivity index (χ0) is 12.1. The Hall–Kier alpha value is -1.50. The molecule has 2 rings (SSSR count). The second-order valence-electron chi connectivity index (χ2n) is 3.35. The first-order valence-corrected chi connectivity index (χ1v) is 6.14. The van der Waals surface area contributed by atoms with E-state index in [-0.39, 0.29) is 11.7 Å². The zero-order valence-corrected chi connectivity index (χ0v) is 11.1. The number of rotatable bonds is 3. The third kappa shape index (κ3) is 3.23. The van der Waals surface area contributed by atoms with Crippen LogP contribution >= 0.6 is 22.6 Å². The van der Waals surface area contributed by atoms with Crippen LogP contribution < -0.4 is 5.32 Å². The summed E-state index contributed by atoms with van der Waals surface area (Å²) in [6, 6.07) is 9.57. The predicted molar refractivity (Wildman–Crippen MR) is 72.4 cm³/mol. The Morgan fingerprint density at radius 2 is 1.88 bits per heavy atom. The van der Waals surface area contributed by atoms with Gasteiger partial charge in [-0.05, 0) is 40.3 Å². The van der Waals surface area contributed by atoms with Crippen molar-refractivity contribution in [3.8, 4) is 0 Å². The van der Waals surface area contributed by atoms with Gasteiger partial charge in [0.2, 0.25) is 5.82 Å². The molecule has 0 unspecified atom stereocenters. The maximum Gasteiger partial charge on any atom is 0.289 e. The van der Waals surface area contributed by atoms with Crippen molar-refractivity contribution in [1.82, 2.24) is 15.3 Å². The van der Waals surface area contributed by atoms with Crippen molar-refractivity contribution in [3.05, 3.63) is 57.7 Å². The number of carbonyl (C=O) groups excluding carboxylic acids is 1. The molecule has 0 spiro atoms. The fraction of sp³-hybridized carbons (Fsp3) is 0.0833. The third-order valence-electron chi connectivity index (χ3n) is 2.17. The van der Waals surface area contributed by atoms with Crippen molar-refractivity contribution < 1.29 is 4.79 Å². The van der Waals surface area contributed by atoms with Crippen molar-refractivity contribution >= 4 is 28.5 Å². The summed E-state index contributed by atoms with van der Waals surface area (Å²) in [4.78, 5) is 19.5. The van der Waals surface area contributed by atoms with Gasteiger partial charge in [0.1, 0.15) is 0 Å². The van der Waals surface area contributed by atoms with Crippen LogP contribution in [0.4, 0.5) is 0 Å². The minimum absolute atomic E-state index is 0.193. The van der Waals surface area contributed by atoms with Gasteiger partial charge in [-0.3, -0.25) is 4.79 Å². The lowest BCUT2D eigenvalue weighted by Gasteiger charge is -2.05. The van der Waals surface area contributed by atoms with Gasteiger partial charge < -0.3 is 5.32 Å². The molecule has 0 atom stereocenters. The van der Waals surface area contributed by atoms with Crippen LogP contribution in [0, 0.1) is 3.57 Å². The largest absolute Gasteiger partial charge is 0.345 e. The van der Waals surface area contributed by atoms with Gasteiger partial charge in [0, 0.05) is 22.5 Å². The lowest BCUT2D eigenvalue weighted by molar-refractivity contribution is 0.0940. The van der Waals surface area contributed by atoms with Gasteiger partial charge >= 0.3 is 0 Å². The highest BCUT2D eigenvalue weighted by Gasteiger charge is 2.07. The van der Waals surface area contributed by atoms with E-state index in [1.807, 2.05) is 24.3 Å². The van der Waals surface area contributed by atoms with E-state index in [9.17, 15) is 4.79 Å². The van der Waals surface area contributed by atoms with Crippen LogP contribution in [0.5, 0.6) is 0 Å². The summed E-state index contributed by atoms with van der Waals surface area (Å²) in [5, 5.41) is 2.79. The van der Waals surface area contributed by atoms with Crippen LogP contribution in [0.15, 0.2) is 42.7 Å². The molecule has 1 amide bonds. The molecule has 0 aliphatic heterocycles. The molecule has 86 valence electrons. The highest BCUT2D eigenvalue weighted by molar-refractivity contribution is 14.1. The molecule has 0 fully saturated rings. The highest BCUT2D eigenvalue weighted by atomic mass is 127. The minimum atomic E-state index is -0.259. The maximum atomic E-state index is 11.7. The van der Waals surface area contributed by atoms with Crippen LogP contribution in [0.3, 0.4) is 0 Å². The van der Waals surface area contributed by atoms with Crippen LogP contribution in [-0.2, 0) is 6.54 Å². The number of aromatic nitrogens is 2. The molecule has 0 bridgehead atoms. The highest BCUT2D eigenvalue weighted by Crippen LogP contribution is 2.10. The Balaban J connectivity index is 2.00. The minimum Gasteiger partial charge on any atom is -0.345 e. The van der Waals surface area contributed by atoms with E-state index in [1.54, 1.807) is 18.5 Å². The predicted octanol–water partition coefficient (Wildman–Crippen LogP) is 2.01. The molecule has 0 saturated heterocycles. The Kier molecular flexibility index (Phi) is 4.03. The number of nitrogens with one attached hydrogen (secondary N) is 1. The average Bonchev–Trinajstić information content (AvgIpc) is 2.38. The van der Waals surface area contributed by atoms with Crippen LogP contribution in [0.25, 0.3) is 0 Å². The van der Waals surface area contributed by atoms with Crippen LogP contribution in [0.2, 0.25) is 0 Å². The summed E-state index contributed by atoms with van der Waals surface area (Å²) in [5.41, 5.74) is 1.08. The van der Waals surface area contributed by atoms with Gasteiger partial charge in [-0.15, -0.1) is 0 Å². The number of amides is 1. The first-order valence-electron chi connectivity index (χ1n) is 5.06. The quantitative estimate of drug-likeness (QED) is 0.871. The smallest absolute Gasteiger partial charge is 0.289 e. The first-order chi connectivity index (χ1) is 8.27. The molecular weight excluding hydrogens is 329 g/mol. The Bertz CT molecular complexity index is 516. The molecule has 1 aromatic carbocycles. The van der Waals surface area contributed by atoms with E-state index < -0.39 is 0 Å². The van der Waals surface area contributed by atoms with E-state index >= 15 is 0 Å². The molecule has 17 heavy (non-hydrogen) atoms. The van der Waals surface area contributed by atoms with Crippen molar-refractivity contribution in [2.75, 3.05) is 0 Å². The summed E-state index contributed by atoms with van der Waals surface area (Å²) in [7, 11) is 0. The number of benzene rings is 1. The Morgan fingerprint density at radius 3 is 2.59 bits per heavy atom. The molecule has 2 aromatic rings. The van der Waals surface area contributed by atoms with E-state index in [0.717, 1.165) is 9.13 Å². The molecule has 0 aliphatic rings. The standard InChI is InChI=1S/C12H10IN3O/c13-10-5-2-1-4-9(10)8-16-12(17)11-14-6-3-7-15-11/h1-7H,8H2,(H,16,17). The van der Waals surface area contributed by atoms with E-state index in [1.165, 1.54) is 0 Å². The molecule has 1 heterocycles. The molecule has 0 aliphatic carbocycles. The van der Waals surface area contributed by atoms with Gasteiger partial charge in [0.05, 0.1) is 0 Å². The third-order valence-corrected chi connectivity index (χ3v) is 3.22. The molecule has 1 N–H and O–H groups in total. The fourth-order valence-electron chi connectivity index (χ4n) is 1.31. The lowest BCUT2D eigenvalue weighted by atomic mass is 10.2. The van der Waals surface area contributed by atoms with Gasteiger partial charge in [-0.2, -0.15) is 0 Å². The van der Waals surface area contributed by atoms with Crippen molar-refractivity contribution in [2.24, 2.45) is 0 Å². The van der Waals surface area contributed by atoms with E-state index in [4.69, 9.17) is 0 Å². The molecule has 0 saturated carbocycles. The van der Waals surface area contributed by atoms with E-state index in [0.29, 0.717) is 6.54 Å². The second-order valence-corrected chi connectivity index (χ2v) is 4.51. The van der Waals surface area contributed by atoms with Gasteiger partial charge in [-0.25, -0.2) is 9.97 Å². The number of halogens is 1. The van der Waals surface area contributed by atoms with Gasteiger partial charge in [0.15, 0.2) is 0 Å². The maximum absolute atomic E-state index is 11.7. The van der Waals surface area contributed by atoms with Crippen molar-refractivity contribution in [2.45, 2.75) is 6.54 Å². The monoisotopic (exact) mass is 339 g/mol. The molecule has 5 heteroatoms. The number of carbonyl (C=O) groups is 1. The number of hydrogen-bond donors (Lipinski definition) is 1. The van der Waals surface area contributed by atoms with Gasteiger partial charge in [0.25, 0.3) is 5.91 Å². The summed E-state index contributed by atoms with van der Waals surface area (Å²) >= 11 is 2.24. The van der Waals surface area contributed by atoms with Crippen LogP contribution in [-0.4, -0.2) is 15.9 Å². The SMILES string of the molecule is O=C(NCc1ccccc1I)c1ncccn1. The average molecular weight is 339 g/mol. The normalized spacial score (nSPS) is 9.94. The van der Waals surface area contributed by atoms with E-state index in [2.05, 4.69) is 37.9 Å².